The summed E-state index contributed by atoms with van der Waals surface area (Å²) in [5.74, 6) is 4.93. The van der Waals surface area contributed by atoms with Gasteiger partial charge in [-0.15, -0.1) is 0 Å². The van der Waals surface area contributed by atoms with Gasteiger partial charge in [-0.1, -0.05) is 25.5 Å². The van der Waals surface area contributed by atoms with Crippen molar-refractivity contribution in [2.75, 3.05) is 0 Å². The highest BCUT2D eigenvalue weighted by Crippen LogP contribution is 2.55. The first-order chi connectivity index (χ1) is 6.09. The fraction of sp³-hybridized carbons (Fsp3) is 0.846. The van der Waals surface area contributed by atoms with Crippen LogP contribution in [0.15, 0.2) is 11.6 Å². The summed E-state index contributed by atoms with van der Waals surface area (Å²) in [5, 5.41) is 0. The molecule has 74 valence electrons. The number of hydrogen-bond acceptors (Lipinski definition) is 0. The molecular weight excluding hydrogens is 156 g/mol. The Hall–Kier alpha value is -0.260. The largest absolute Gasteiger partial charge is 0.0825 e. The van der Waals surface area contributed by atoms with E-state index in [1.54, 1.807) is 0 Å². The van der Waals surface area contributed by atoms with Crippen LogP contribution in [-0.2, 0) is 0 Å². The Morgan fingerprint density at radius 1 is 1.08 bits per heavy atom. The lowest BCUT2D eigenvalue weighted by atomic mass is 9.75. The van der Waals surface area contributed by atoms with Crippen LogP contribution in [0.5, 0.6) is 0 Å². The van der Waals surface area contributed by atoms with Gasteiger partial charge in [-0.25, -0.2) is 0 Å². The van der Waals surface area contributed by atoms with Crippen LogP contribution in [0, 0.1) is 29.6 Å². The van der Waals surface area contributed by atoms with E-state index in [0.29, 0.717) is 0 Å². The Morgan fingerprint density at radius 2 is 1.77 bits per heavy atom. The van der Waals surface area contributed by atoms with Crippen molar-refractivity contribution in [2.45, 2.75) is 40.5 Å². The highest BCUT2D eigenvalue weighted by Gasteiger charge is 2.47. The molecule has 13 heavy (non-hydrogen) atoms. The summed E-state index contributed by atoms with van der Waals surface area (Å²) in [6, 6.07) is 0. The van der Waals surface area contributed by atoms with Gasteiger partial charge in [0.15, 0.2) is 0 Å². The van der Waals surface area contributed by atoms with Crippen molar-refractivity contribution in [1.29, 1.82) is 0 Å². The van der Waals surface area contributed by atoms with Gasteiger partial charge in [-0.05, 0) is 56.3 Å². The molecule has 5 unspecified atom stereocenters. The normalized spacial score (nSPS) is 48.2. The van der Waals surface area contributed by atoms with Gasteiger partial charge in [-0.3, -0.25) is 0 Å². The third kappa shape index (κ3) is 1.45. The zero-order valence-corrected chi connectivity index (χ0v) is 9.38. The second-order valence-corrected chi connectivity index (χ2v) is 5.52. The van der Waals surface area contributed by atoms with Crippen LogP contribution in [0.2, 0.25) is 0 Å². The minimum absolute atomic E-state index is 0.918. The monoisotopic (exact) mass is 178 g/mol. The number of allylic oxidation sites excluding steroid dienone is 2. The summed E-state index contributed by atoms with van der Waals surface area (Å²) in [6.45, 7) is 9.38. The molecule has 0 heterocycles. The fourth-order valence-electron chi connectivity index (χ4n) is 3.62. The lowest BCUT2D eigenvalue weighted by Gasteiger charge is -2.30. The molecule has 0 aromatic rings. The maximum absolute atomic E-state index is 2.52. The molecule has 0 aromatic carbocycles. The molecule has 2 saturated carbocycles. The van der Waals surface area contributed by atoms with Crippen molar-refractivity contribution in [2.24, 2.45) is 29.6 Å². The predicted molar refractivity (Wildman–Crippen MR) is 57.5 cm³/mol. The van der Waals surface area contributed by atoms with Gasteiger partial charge in [0.1, 0.15) is 0 Å². The smallest absolute Gasteiger partial charge is 0.0197 e. The molecule has 0 spiro atoms. The summed E-state index contributed by atoms with van der Waals surface area (Å²) in [7, 11) is 0. The molecule has 0 amide bonds. The summed E-state index contributed by atoms with van der Waals surface area (Å²) < 4.78 is 0. The van der Waals surface area contributed by atoms with Crippen molar-refractivity contribution in [3.8, 4) is 0 Å². The van der Waals surface area contributed by atoms with E-state index in [1.807, 2.05) is 0 Å². The first kappa shape index (κ1) is 9.30. The van der Waals surface area contributed by atoms with Gasteiger partial charge in [0, 0.05) is 0 Å². The molecular formula is C13H22. The van der Waals surface area contributed by atoms with E-state index < -0.39 is 0 Å². The fourth-order valence-corrected chi connectivity index (χ4v) is 3.62. The number of rotatable bonds is 1. The average Bonchev–Trinajstić information content (AvgIpc) is 2.53. The lowest BCUT2D eigenvalue weighted by Crippen LogP contribution is -2.23. The molecule has 0 heteroatoms. The molecule has 0 N–H and O–H groups in total. The van der Waals surface area contributed by atoms with Crippen LogP contribution in [0.25, 0.3) is 0 Å². The minimum atomic E-state index is 0.918. The van der Waals surface area contributed by atoms with E-state index in [4.69, 9.17) is 0 Å². The Bertz CT molecular complexity index is 220. The summed E-state index contributed by atoms with van der Waals surface area (Å²) in [5.41, 5.74) is 1.51. The molecule has 2 aliphatic rings. The molecule has 2 aliphatic carbocycles. The molecule has 0 nitrogen and oxygen atoms in total. The minimum Gasteiger partial charge on any atom is -0.0825 e. The molecule has 2 fully saturated rings. The predicted octanol–water partition coefficient (Wildman–Crippen LogP) is 3.88. The lowest BCUT2D eigenvalue weighted by molar-refractivity contribution is 0.218. The van der Waals surface area contributed by atoms with Crippen LogP contribution >= 0.6 is 0 Å². The van der Waals surface area contributed by atoms with Gasteiger partial charge in [0.25, 0.3) is 0 Å². The van der Waals surface area contributed by atoms with Crippen molar-refractivity contribution in [3.05, 3.63) is 11.6 Å². The van der Waals surface area contributed by atoms with Crippen molar-refractivity contribution in [3.63, 3.8) is 0 Å². The van der Waals surface area contributed by atoms with Crippen LogP contribution in [0.3, 0.4) is 0 Å². The van der Waals surface area contributed by atoms with Crippen molar-refractivity contribution >= 4 is 0 Å². The third-order valence-corrected chi connectivity index (χ3v) is 4.50. The Morgan fingerprint density at radius 3 is 2.23 bits per heavy atom. The molecule has 0 aliphatic heterocycles. The van der Waals surface area contributed by atoms with Crippen molar-refractivity contribution in [1.82, 2.24) is 0 Å². The van der Waals surface area contributed by atoms with Crippen LogP contribution in [0.4, 0.5) is 0 Å². The van der Waals surface area contributed by atoms with E-state index >= 15 is 0 Å². The van der Waals surface area contributed by atoms with Gasteiger partial charge in [0.2, 0.25) is 0 Å². The summed E-state index contributed by atoms with van der Waals surface area (Å²) in [6.07, 6.45) is 5.51. The number of hydrogen-bond donors (Lipinski definition) is 0. The first-order valence-electron chi connectivity index (χ1n) is 5.74. The van der Waals surface area contributed by atoms with E-state index in [-0.39, 0.29) is 0 Å². The van der Waals surface area contributed by atoms with E-state index in [1.165, 1.54) is 18.4 Å². The maximum atomic E-state index is 2.52. The van der Waals surface area contributed by atoms with E-state index in [0.717, 1.165) is 29.6 Å². The SMILES string of the molecule is CC(C)=CC1CC2CC1C(C)C2C. The zero-order valence-electron chi connectivity index (χ0n) is 9.38. The topological polar surface area (TPSA) is 0 Å². The molecule has 0 saturated heterocycles. The van der Waals surface area contributed by atoms with Crippen LogP contribution in [-0.4, -0.2) is 0 Å². The number of fused-ring (bicyclic) bond motifs is 2. The Balaban J connectivity index is 2.10. The van der Waals surface area contributed by atoms with Crippen LogP contribution < -0.4 is 0 Å². The second-order valence-electron chi connectivity index (χ2n) is 5.52. The average molecular weight is 178 g/mol. The molecule has 2 rings (SSSR count). The van der Waals surface area contributed by atoms with Crippen LogP contribution in [0.1, 0.15) is 40.5 Å². The highest BCUT2D eigenvalue weighted by molar-refractivity contribution is 5.08. The summed E-state index contributed by atoms with van der Waals surface area (Å²) in [4.78, 5) is 0. The van der Waals surface area contributed by atoms with E-state index in [9.17, 15) is 0 Å². The van der Waals surface area contributed by atoms with E-state index in [2.05, 4.69) is 33.8 Å². The molecule has 2 bridgehead atoms. The van der Waals surface area contributed by atoms with Crippen molar-refractivity contribution < 1.29 is 0 Å². The van der Waals surface area contributed by atoms with Gasteiger partial charge in [0.05, 0.1) is 0 Å². The Kier molecular flexibility index (Phi) is 2.25. The Labute approximate surface area is 82.4 Å². The standard InChI is InChI=1S/C13H22/c1-8(2)5-12-6-11-7-13(12)10(4)9(11)3/h5,9-13H,6-7H2,1-4H3. The molecule has 5 atom stereocenters. The quantitative estimate of drug-likeness (QED) is 0.534. The highest BCUT2D eigenvalue weighted by atomic mass is 14.5. The summed E-state index contributed by atoms with van der Waals surface area (Å²) >= 11 is 0. The first-order valence-corrected chi connectivity index (χ1v) is 5.74. The maximum Gasteiger partial charge on any atom is -0.0197 e. The van der Waals surface area contributed by atoms with Gasteiger partial charge < -0.3 is 0 Å². The zero-order chi connectivity index (χ0) is 9.59. The molecule has 0 radical (unpaired) electrons. The second kappa shape index (κ2) is 3.15. The van der Waals surface area contributed by atoms with Gasteiger partial charge in [-0.2, -0.15) is 0 Å². The van der Waals surface area contributed by atoms with Gasteiger partial charge >= 0.3 is 0 Å². The molecule has 0 aromatic heterocycles. The third-order valence-electron chi connectivity index (χ3n) is 4.50.